The fraction of sp³-hybridized carbons (Fsp3) is 0.111. The van der Waals surface area contributed by atoms with E-state index in [4.69, 9.17) is 0 Å². The van der Waals surface area contributed by atoms with Gasteiger partial charge in [-0.2, -0.15) is 0 Å². The Labute approximate surface area is 93.4 Å². The second-order valence-electron chi connectivity index (χ2n) is 3.61. The first kappa shape index (κ1) is 9.58. The summed E-state index contributed by atoms with van der Waals surface area (Å²) in [6, 6.07) is 0. The monoisotopic (exact) mass is 232 g/mol. The molecule has 0 aromatic carbocycles. The molecule has 8 nitrogen and oxygen atoms in total. The average molecular weight is 232 g/mol. The van der Waals surface area contributed by atoms with Crippen molar-refractivity contribution in [2.75, 3.05) is 0 Å². The van der Waals surface area contributed by atoms with Gasteiger partial charge in [-0.3, -0.25) is 14.8 Å². The molecule has 3 N–H and O–H groups in total. The normalized spacial score (nSPS) is 11.1. The van der Waals surface area contributed by atoms with Gasteiger partial charge in [-0.15, -0.1) is 0 Å². The molecule has 86 valence electrons. The molecule has 0 saturated carbocycles. The van der Waals surface area contributed by atoms with Gasteiger partial charge >= 0.3 is 5.69 Å². The van der Waals surface area contributed by atoms with E-state index in [1.165, 1.54) is 0 Å². The molecule has 3 rings (SSSR count). The number of nitrogens with one attached hydrogen (secondary N) is 3. The Kier molecular flexibility index (Phi) is 1.79. The molecule has 3 heterocycles. The van der Waals surface area contributed by atoms with Crippen LogP contribution >= 0.6 is 0 Å². The fourth-order valence-electron chi connectivity index (χ4n) is 1.64. The van der Waals surface area contributed by atoms with Crippen LogP contribution in [0.1, 0.15) is 0 Å². The van der Waals surface area contributed by atoms with Gasteiger partial charge < -0.3 is 9.55 Å². The van der Waals surface area contributed by atoms with E-state index in [0.29, 0.717) is 5.82 Å². The largest absolute Gasteiger partial charge is 0.331 e. The molecule has 3 aromatic heterocycles. The SMILES string of the molecule is Cn1cncc1-c1nc2[nH]c(=O)[nH]c(=O)c2[nH]1. The maximum Gasteiger partial charge on any atom is 0.327 e. The first-order chi connectivity index (χ1) is 8.15. The van der Waals surface area contributed by atoms with E-state index >= 15 is 0 Å². The lowest BCUT2D eigenvalue weighted by Crippen LogP contribution is -2.21. The van der Waals surface area contributed by atoms with Crippen molar-refractivity contribution < 1.29 is 0 Å². The van der Waals surface area contributed by atoms with Crippen molar-refractivity contribution in [2.24, 2.45) is 7.05 Å². The van der Waals surface area contributed by atoms with Crippen LogP contribution in [0, 0.1) is 0 Å². The van der Waals surface area contributed by atoms with E-state index in [1.54, 1.807) is 17.1 Å². The highest BCUT2D eigenvalue weighted by Crippen LogP contribution is 2.15. The van der Waals surface area contributed by atoms with E-state index in [2.05, 4.69) is 24.9 Å². The molecule has 17 heavy (non-hydrogen) atoms. The average Bonchev–Trinajstić information content (AvgIpc) is 2.83. The molecular formula is C9H8N6O2. The van der Waals surface area contributed by atoms with Crippen molar-refractivity contribution in [1.82, 2.24) is 29.5 Å². The second-order valence-corrected chi connectivity index (χ2v) is 3.61. The fourth-order valence-corrected chi connectivity index (χ4v) is 1.64. The Morgan fingerprint density at radius 3 is 2.76 bits per heavy atom. The standard InChI is InChI=1S/C9H8N6O2/c1-15-3-10-2-4(15)6-11-5-7(12-6)13-9(17)14-8(5)16/h2-3H,1H3,(H3,11,12,13,14,16,17). The molecule has 0 amide bonds. The van der Waals surface area contributed by atoms with Gasteiger partial charge in [0.1, 0.15) is 11.2 Å². The highest BCUT2D eigenvalue weighted by molar-refractivity contribution is 5.73. The smallest absolute Gasteiger partial charge is 0.327 e. The molecule has 0 bridgehead atoms. The third kappa shape index (κ3) is 1.38. The van der Waals surface area contributed by atoms with Crippen molar-refractivity contribution in [3.05, 3.63) is 33.4 Å². The Balaban J connectivity index is 2.35. The minimum atomic E-state index is -0.578. The zero-order valence-electron chi connectivity index (χ0n) is 8.81. The number of imidazole rings is 2. The van der Waals surface area contributed by atoms with E-state index < -0.39 is 11.2 Å². The molecule has 0 aliphatic heterocycles. The van der Waals surface area contributed by atoms with E-state index in [-0.39, 0.29) is 11.2 Å². The lowest BCUT2D eigenvalue weighted by atomic mass is 10.4. The number of aromatic nitrogens is 6. The Morgan fingerprint density at radius 1 is 1.24 bits per heavy atom. The van der Waals surface area contributed by atoms with Crippen molar-refractivity contribution in [1.29, 1.82) is 0 Å². The molecule has 8 heteroatoms. The summed E-state index contributed by atoms with van der Waals surface area (Å²) in [6.07, 6.45) is 3.24. The maximum absolute atomic E-state index is 11.5. The topological polar surface area (TPSA) is 112 Å². The summed E-state index contributed by atoms with van der Waals surface area (Å²) in [5.74, 6) is 0.479. The van der Waals surface area contributed by atoms with Crippen molar-refractivity contribution in [3.63, 3.8) is 0 Å². The minimum Gasteiger partial charge on any atom is -0.331 e. The van der Waals surface area contributed by atoms with Crippen LogP contribution in [0.2, 0.25) is 0 Å². The van der Waals surface area contributed by atoms with Gasteiger partial charge in [0.25, 0.3) is 5.56 Å². The lowest BCUT2D eigenvalue weighted by molar-refractivity contribution is 0.913. The second kappa shape index (κ2) is 3.17. The molecule has 0 saturated heterocycles. The predicted octanol–water partition coefficient (Wildman–Crippen LogP) is -0.660. The summed E-state index contributed by atoms with van der Waals surface area (Å²) in [5, 5.41) is 0. The Bertz CT molecular complexity index is 805. The number of fused-ring (bicyclic) bond motifs is 1. The molecule has 0 unspecified atom stereocenters. The van der Waals surface area contributed by atoms with E-state index in [1.807, 2.05) is 7.05 Å². The summed E-state index contributed by atoms with van der Waals surface area (Å²) in [4.78, 5) is 38.1. The molecule has 0 radical (unpaired) electrons. The number of aromatic amines is 3. The number of hydrogen-bond donors (Lipinski definition) is 3. The van der Waals surface area contributed by atoms with Crippen LogP contribution < -0.4 is 11.2 Å². The van der Waals surface area contributed by atoms with Crippen molar-refractivity contribution in [2.45, 2.75) is 0 Å². The Morgan fingerprint density at radius 2 is 2.06 bits per heavy atom. The van der Waals surface area contributed by atoms with Crippen molar-refractivity contribution in [3.8, 4) is 11.5 Å². The Hall–Kier alpha value is -2.64. The van der Waals surface area contributed by atoms with Gasteiger partial charge in [-0.25, -0.2) is 14.8 Å². The highest BCUT2D eigenvalue weighted by Gasteiger charge is 2.11. The summed E-state index contributed by atoms with van der Waals surface area (Å²) in [7, 11) is 1.81. The van der Waals surface area contributed by atoms with Gasteiger partial charge in [0.2, 0.25) is 0 Å². The van der Waals surface area contributed by atoms with Crippen molar-refractivity contribution >= 4 is 11.2 Å². The van der Waals surface area contributed by atoms with E-state index in [0.717, 1.165) is 5.69 Å². The zero-order chi connectivity index (χ0) is 12.0. The van der Waals surface area contributed by atoms with Crippen LogP contribution in [-0.4, -0.2) is 29.5 Å². The van der Waals surface area contributed by atoms with Crippen LogP contribution in [-0.2, 0) is 7.05 Å². The molecule has 0 spiro atoms. The zero-order valence-corrected chi connectivity index (χ0v) is 8.81. The summed E-state index contributed by atoms with van der Waals surface area (Å²) in [6.45, 7) is 0. The number of rotatable bonds is 1. The van der Waals surface area contributed by atoms with Gasteiger partial charge in [0.15, 0.2) is 11.5 Å². The quantitative estimate of drug-likeness (QED) is 0.517. The van der Waals surface area contributed by atoms with Gasteiger partial charge in [0, 0.05) is 7.05 Å². The first-order valence-electron chi connectivity index (χ1n) is 4.84. The van der Waals surface area contributed by atoms with Crippen LogP contribution in [0.15, 0.2) is 22.1 Å². The maximum atomic E-state index is 11.5. The highest BCUT2D eigenvalue weighted by atomic mass is 16.2. The number of hydrogen-bond acceptors (Lipinski definition) is 4. The lowest BCUT2D eigenvalue weighted by Gasteiger charge is -1.95. The summed E-state index contributed by atoms with van der Waals surface area (Å²) >= 11 is 0. The molecule has 3 aromatic rings. The first-order valence-corrected chi connectivity index (χ1v) is 4.84. The minimum absolute atomic E-state index is 0.231. The number of nitrogens with zero attached hydrogens (tertiary/aromatic N) is 3. The number of aryl methyl sites for hydroxylation is 1. The molecule has 0 atom stereocenters. The number of H-pyrrole nitrogens is 3. The van der Waals surface area contributed by atoms with Gasteiger partial charge in [-0.1, -0.05) is 0 Å². The van der Waals surface area contributed by atoms with Crippen LogP contribution in [0.5, 0.6) is 0 Å². The molecule has 0 aliphatic rings. The molecular weight excluding hydrogens is 224 g/mol. The van der Waals surface area contributed by atoms with E-state index in [9.17, 15) is 9.59 Å². The van der Waals surface area contributed by atoms with Crippen LogP contribution in [0.4, 0.5) is 0 Å². The summed E-state index contributed by atoms with van der Waals surface area (Å²) in [5.41, 5.74) is 0.118. The van der Waals surface area contributed by atoms with Crippen LogP contribution in [0.25, 0.3) is 22.7 Å². The van der Waals surface area contributed by atoms with Crippen LogP contribution in [0.3, 0.4) is 0 Å². The van der Waals surface area contributed by atoms with Gasteiger partial charge in [-0.05, 0) is 0 Å². The van der Waals surface area contributed by atoms with Gasteiger partial charge in [0.05, 0.1) is 12.5 Å². The third-order valence-corrected chi connectivity index (χ3v) is 2.45. The molecule has 0 fully saturated rings. The summed E-state index contributed by atoms with van der Waals surface area (Å²) < 4.78 is 1.75. The third-order valence-electron chi connectivity index (χ3n) is 2.45. The molecule has 0 aliphatic carbocycles. The predicted molar refractivity (Wildman–Crippen MR) is 59.5 cm³/mol.